The molecule has 1 heterocycles. The second-order valence-electron chi connectivity index (χ2n) is 6.51. The molecule has 1 aliphatic rings. The van der Waals surface area contributed by atoms with E-state index >= 15 is 0 Å². The van der Waals surface area contributed by atoms with E-state index in [2.05, 4.69) is 11.8 Å². The van der Waals surface area contributed by atoms with E-state index in [0.717, 1.165) is 53.2 Å². The van der Waals surface area contributed by atoms with Crippen LogP contribution in [0.3, 0.4) is 0 Å². The van der Waals surface area contributed by atoms with Crippen molar-refractivity contribution in [1.29, 1.82) is 0 Å². The number of carbonyl (C=O) groups is 1. The normalized spacial score (nSPS) is 17.5. The standard InChI is InChI=1S/C19H24N4O/c1-5-15-13(2)17(24)12-14-8-6-7-9-16(14)19-18(15)20-23(21-19)11-10-22(3)4/h6-9H,5,10-12H2,1-4H3/b15-13-. The molecule has 0 unspecified atom stereocenters. The van der Waals surface area contributed by atoms with E-state index in [-0.39, 0.29) is 5.78 Å². The van der Waals surface area contributed by atoms with Gasteiger partial charge in [0.25, 0.3) is 0 Å². The lowest BCUT2D eigenvalue weighted by molar-refractivity contribution is -0.114. The van der Waals surface area contributed by atoms with E-state index < -0.39 is 0 Å². The van der Waals surface area contributed by atoms with Gasteiger partial charge in [-0.2, -0.15) is 15.0 Å². The molecule has 0 bridgehead atoms. The molecule has 0 fully saturated rings. The molecule has 24 heavy (non-hydrogen) atoms. The predicted molar refractivity (Wildman–Crippen MR) is 95.6 cm³/mol. The molecule has 0 amide bonds. The van der Waals surface area contributed by atoms with Crippen molar-refractivity contribution in [2.45, 2.75) is 33.2 Å². The zero-order valence-corrected chi connectivity index (χ0v) is 14.8. The lowest BCUT2D eigenvalue weighted by atomic mass is 9.88. The molecule has 0 saturated carbocycles. The highest BCUT2D eigenvalue weighted by atomic mass is 16.1. The molecule has 0 N–H and O–H groups in total. The minimum Gasteiger partial charge on any atom is -0.307 e. The number of rotatable bonds is 4. The van der Waals surface area contributed by atoms with Crippen molar-refractivity contribution >= 4 is 11.4 Å². The van der Waals surface area contributed by atoms with E-state index in [0.29, 0.717) is 6.42 Å². The Morgan fingerprint density at radius 3 is 2.58 bits per heavy atom. The van der Waals surface area contributed by atoms with Crippen LogP contribution in [0.1, 0.15) is 31.5 Å². The summed E-state index contributed by atoms with van der Waals surface area (Å²) in [5.74, 6) is 0.174. The van der Waals surface area contributed by atoms with E-state index in [1.165, 1.54) is 0 Å². The topological polar surface area (TPSA) is 51.0 Å². The first-order valence-electron chi connectivity index (χ1n) is 8.42. The Labute approximate surface area is 143 Å². The summed E-state index contributed by atoms with van der Waals surface area (Å²) in [6, 6.07) is 8.03. The first-order chi connectivity index (χ1) is 11.5. The van der Waals surface area contributed by atoms with Crippen LogP contribution in [0.25, 0.3) is 16.8 Å². The van der Waals surface area contributed by atoms with E-state index in [1.807, 2.05) is 45.3 Å². The minimum absolute atomic E-state index is 0.174. The molecule has 5 nitrogen and oxygen atoms in total. The maximum absolute atomic E-state index is 12.6. The predicted octanol–water partition coefficient (Wildman–Crippen LogP) is 2.82. The molecule has 126 valence electrons. The summed E-state index contributed by atoms with van der Waals surface area (Å²) < 4.78 is 0. The van der Waals surface area contributed by atoms with Gasteiger partial charge in [-0.15, -0.1) is 0 Å². The Kier molecular flexibility index (Phi) is 4.62. The largest absolute Gasteiger partial charge is 0.307 e. The summed E-state index contributed by atoms with van der Waals surface area (Å²) in [6.45, 7) is 5.59. The van der Waals surface area contributed by atoms with Crippen LogP contribution in [0.4, 0.5) is 0 Å². The van der Waals surface area contributed by atoms with Gasteiger partial charge in [0, 0.05) is 18.5 Å². The van der Waals surface area contributed by atoms with Crippen LogP contribution in [0.5, 0.6) is 0 Å². The number of ketones is 1. The summed E-state index contributed by atoms with van der Waals surface area (Å²) in [5, 5.41) is 9.49. The zero-order chi connectivity index (χ0) is 17.3. The maximum atomic E-state index is 12.6. The Bertz CT molecular complexity index is 801. The fourth-order valence-electron chi connectivity index (χ4n) is 3.11. The number of allylic oxidation sites excluding steroid dienone is 2. The number of likely N-dealkylation sites (N-methyl/N-ethyl adjacent to an activating group) is 1. The van der Waals surface area contributed by atoms with Crippen molar-refractivity contribution in [3.63, 3.8) is 0 Å². The highest BCUT2D eigenvalue weighted by Crippen LogP contribution is 2.34. The van der Waals surface area contributed by atoms with Gasteiger partial charge in [-0.05, 0) is 44.1 Å². The molecule has 2 aromatic rings. The lowest BCUT2D eigenvalue weighted by Crippen LogP contribution is -2.19. The van der Waals surface area contributed by atoms with E-state index in [9.17, 15) is 4.79 Å². The van der Waals surface area contributed by atoms with Gasteiger partial charge < -0.3 is 4.90 Å². The SMILES string of the molecule is CC/C1=C(\C)C(=O)Cc2ccccc2-c2nn(CCN(C)C)nc21. The van der Waals surface area contributed by atoms with Gasteiger partial charge >= 0.3 is 0 Å². The number of carbonyl (C=O) groups excluding carboxylic acids is 1. The molecule has 0 atom stereocenters. The van der Waals surface area contributed by atoms with Gasteiger partial charge in [0.2, 0.25) is 0 Å². The minimum atomic E-state index is 0.174. The number of hydrogen-bond donors (Lipinski definition) is 0. The number of fused-ring (bicyclic) bond motifs is 3. The first-order valence-corrected chi connectivity index (χ1v) is 8.42. The second kappa shape index (κ2) is 6.69. The third-order valence-electron chi connectivity index (χ3n) is 4.54. The third kappa shape index (κ3) is 3.04. The molecule has 1 aromatic heterocycles. The zero-order valence-electron chi connectivity index (χ0n) is 14.8. The molecular formula is C19H24N4O. The van der Waals surface area contributed by atoms with Gasteiger partial charge in [0.1, 0.15) is 11.4 Å². The number of nitrogens with zero attached hydrogens (tertiary/aromatic N) is 4. The van der Waals surface area contributed by atoms with Crippen molar-refractivity contribution in [2.24, 2.45) is 0 Å². The molecule has 3 rings (SSSR count). The molecule has 0 aliphatic heterocycles. The summed E-state index contributed by atoms with van der Waals surface area (Å²) in [5.41, 5.74) is 5.63. The molecule has 0 radical (unpaired) electrons. The molecule has 1 aliphatic carbocycles. The van der Waals surface area contributed by atoms with Crippen LogP contribution in [-0.4, -0.2) is 46.3 Å². The van der Waals surface area contributed by atoms with E-state index in [1.54, 1.807) is 4.80 Å². The van der Waals surface area contributed by atoms with Crippen LogP contribution in [-0.2, 0) is 17.8 Å². The van der Waals surface area contributed by atoms with Gasteiger partial charge in [-0.25, -0.2) is 0 Å². The van der Waals surface area contributed by atoms with Gasteiger partial charge in [0.05, 0.1) is 6.54 Å². The van der Waals surface area contributed by atoms with Crippen LogP contribution >= 0.6 is 0 Å². The summed E-state index contributed by atoms with van der Waals surface area (Å²) in [4.78, 5) is 16.5. The van der Waals surface area contributed by atoms with Crippen molar-refractivity contribution in [3.8, 4) is 11.3 Å². The average molecular weight is 324 g/mol. The highest BCUT2D eigenvalue weighted by molar-refractivity contribution is 6.05. The molecule has 5 heteroatoms. The molecule has 0 spiro atoms. The summed E-state index contributed by atoms with van der Waals surface area (Å²) >= 11 is 0. The smallest absolute Gasteiger partial charge is 0.163 e. The average Bonchev–Trinajstić information content (AvgIpc) is 2.96. The lowest BCUT2D eigenvalue weighted by Gasteiger charge is -2.15. The Balaban J connectivity index is 2.18. The van der Waals surface area contributed by atoms with Crippen LogP contribution in [0.2, 0.25) is 0 Å². The van der Waals surface area contributed by atoms with Crippen LogP contribution < -0.4 is 0 Å². The van der Waals surface area contributed by atoms with Gasteiger partial charge in [-0.3, -0.25) is 4.79 Å². The van der Waals surface area contributed by atoms with Crippen molar-refractivity contribution in [3.05, 3.63) is 41.1 Å². The maximum Gasteiger partial charge on any atom is 0.163 e. The van der Waals surface area contributed by atoms with Crippen LogP contribution in [0.15, 0.2) is 29.8 Å². The van der Waals surface area contributed by atoms with Crippen molar-refractivity contribution in [1.82, 2.24) is 19.9 Å². The Morgan fingerprint density at radius 2 is 1.88 bits per heavy atom. The molecule has 1 aromatic carbocycles. The number of hydrogen-bond acceptors (Lipinski definition) is 4. The van der Waals surface area contributed by atoms with Crippen molar-refractivity contribution in [2.75, 3.05) is 20.6 Å². The summed E-state index contributed by atoms with van der Waals surface area (Å²) in [7, 11) is 4.07. The van der Waals surface area contributed by atoms with E-state index in [4.69, 9.17) is 10.2 Å². The van der Waals surface area contributed by atoms with Gasteiger partial charge in [-0.1, -0.05) is 31.2 Å². The monoisotopic (exact) mass is 324 g/mol. The molecular weight excluding hydrogens is 300 g/mol. The Hall–Kier alpha value is -2.27. The Morgan fingerprint density at radius 1 is 1.17 bits per heavy atom. The van der Waals surface area contributed by atoms with Crippen molar-refractivity contribution < 1.29 is 4.79 Å². The fraction of sp³-hybridized carbons (Fsp3) is 0.421. The fourth-order valence-corrected chi connectivity index (χ4v) is 3.11. The summed E-state index contributed by atoms with van der Waals surface area (Å²) in [6.07, 6.45) is 1.20. The van der Waals surface area contributed by atoms with Crippen LogP contribution in [0, 0.1) is 0 Å². The molecule has 0 saturated heterocycles. The second-order valence-corrected chi connectivity index (χ2v) is 6.51. The third-order valence-corrected chi connectivity index (χ3v) is 4.54. The number of Topliss-reactive ketones (excluding diaryl/α,β-unsaturated/α-hetero) is 1. The van der Waals surface area contributed by atoms with Gasteiger partial charge in [0.15, 0.2) is 5.78 Å². The quantitative estimate of drug-likeness (QED) is 0.868. The highest BCUT2D eigenvalue weighted by Gasteiger charge is 2.25. The number of benzene rings is 1. The first kappa shape index (κ1) is 16.6. The number of aromatic nitrogens is 3.